The Labute approximate surface area is 205 Å². The third-order valence-corrected chi connectivity index (χ3v) is 6.89. The second-order valence-electron chi connectivity index (χ2n) is 7.12. The first kappa shape index (κ1) is 23.0. The molecule has 1 aliphatic rings. The molecule has 9 heteroatoms. The van der Waals surface area contributed by atoms with Crippen LogP contribution in [0.5, 0.6) is 11.5 Å². The maximum Gasteiger partial charge on any atom is 0.285 e. The van der Waals surface area contributed by atoms with Crippen molar-refractivity contribution in [2.75, 3.05) is 7.11 Å². The molecule has 168 valence electrons. The molecular weight excluding hydrogens is 476 g/mol. The van der Waals surface area contributed by atoms with Crippen LogP contribution in [0.1, 0.15) is 26.4 Å². The number of hydrazine groups is 1. The fourth-order valence-electron chi connectivity index (χ4n) is 3.14. The molecule has 1 fully saturated rings. The Balaban J connectivity index is 1.47. The third kappa shape index (κ3) is 5.44. The summed E-state index contributed by atoms with van der Waals surface area (Å²) in [5.74, 6) is 0.401. The van der Waals surface area contributed by atoms with Crippen LogP contribution in [-0.4, -0.2) is 28.3 Å². The molecular formula is C24H20N2O4S3. The number of thioether (sulfide) groups is 1. The number of nitrogens with one attached hydrogen (secondary N) is 1. The van der Waals surface area contributed by atoms with Gasteiger partial charge in [0.1, 0.15) is 6.61 Å². The Bertz CT molecular complexity index is 1240. The van der Waals surface area contributed by atoms with Crippen molar-refractivity contribution in [3.05, 3.63) is 86.5 Å². The van der Waals surface area contributed by atoms with E-state index in [1.807, 2.05) is 31.2 Å². The van der Waals surface area contributed by atoms with E-state index >= 15 is 0 Å². The molecule has 0 spiro atoms. The molecule has 0 radical (unpaired) electrons. The number of thiophene rings is 1. The zero-order chi connectivity index (χ0) is 23.4. The van der Waals surface area contributed by atoms with Gasteiger partial charge in [-0.2, -0.15) is 5.01 Å². The van der Waals surface area contributed by atoms with E-state index in [1.165, 1.54) is 16.9 Å². The number of carbonyl (C=O) groups is 2. The second kappa shape index (κ2) is 10.2. The van der Waals surface area contributed by atoms with Crippen LogP contribution in [0.15, 0.2) is 64.9 Å². The lowest BCUT2D eigenvalue weighted by Gasteiger charge is -2.14. The quantitative estimate of drug-likeness (QED) is 0.359. The Morgan fingerprint density at radius 2 is 2.00 bits per heavy atom. The summed E-state index contributed by atoms with van der Waals surface area (Å²) in [6, 6.07) is 17.0. The average molecular weight is 497 g/mol. The number of hydrogen-bond acceptors (Lipinski definition) is 7. The summed E-state index contributed by atoms with van der Waals surface area (Å²) in [6.07, 6.45) is 1.71. The van der Waals surface area contributed by atoms with Crippen LogP contribution in [0.4, 0.5) is 0 Å². The summed E-state index contributed by atoms with van der Waals surface area (Å²) in [5.41, 5.74) is 5.56. The molecule has 4 rings (SSSR count). The van der Waals surface area contributed by atoms with Gasteiger partial charge < -0.3 is 9.47 Å². The van der Waals surface area contributed by atoms with Crippen LogP contribution in [0.25, 0.3) is 6.08 Å². The molecule has 2 amide bonds. The minimum Gasteiger partial charge on any atom is -0.493 e. The average Bonchev–Trinajstić information content (AvgIpc) is 3.43. The maximum absolute atomic E-state index is 12.8. The summed E-state index contributed by atoms with van der Waals surface area (Å²) < 4.78 is 11.7. The van der Waals surface area contributed by atoms with Crippen molar-refractivity contribution in [1.29, 1.82) is 0 Å². The molecule has 1 aromatic heterocycles. The van der Waals surface area contributed by atoms with E-state index in [1.54, 1.807) is 42.8 Å². The van der Waals surface area contributed by atoms with Crippen molar-refractivity contribution >= 4 is 57.5 Å². The van der Waals surface area contributed by atoms with E-state index in [2.05, 4.69) is 11.5 Å². The number of thiocarbonyl (C=S) groups is 1. The molecule has 0 saturated carbocycles. The molecule has 0 unspecified atom stereocenters. The van der Waals surface area contributed by atoms with Crippen LogP contribution in [0.2, 0.25) is 0 Å². The van der Waals surface area contributed by atoms with E-state index in [0.717, 1.165) is 27.9 Å². The highest BCUT2D eigenvalue weighted by Gasteiger charge is 2.34. The van der Waals surface area contributed by atoms with Crippen molar-refractivity contribution in [3.63, 3.8) is 0 Å². The van der Waals surface area contributed by atoms with Crippen molar-refractivity contribution < 1.29 is 19.1 Å². The topological polar surface area (TPSA) is 67.9 Å². The zero-order valence-electron chi connectivity index (χ0n) is 17.9. The first-order valence-corrected chi connectivity index (χ1v) is 12.0. The van der Waals surface area contributed by atoms with Gasteiger partial charge in [-0.3, -0.25) is 15.0 Å². The number of benzene rings is 2. The summed E-state index contributed by atoms with van der Waals surface area (Å²) in [6.45, 7) is 2.45. The van der Waals surface area contributed by atoms with Crippen LogP contribution in [-0.2, 0) is 11.4 Å². The monoisotopic (exact) mass is 496 g/mol. The lowest BCUT2D eigenvalue weighted by atomic mass is 10.1. The van der Waals surface area contributed by atoms with Crippen molar-refractivity contribution in [1.82, 2.24) is 10.4 Å². The fraction of sp³-hybridized carbons (Fsp3) is 0.125. The van der Waals surface area contributed by atoms with Gasteiger partial charge in [-0.05, 0) is 59.9 Å². The Kier molecular flexibility index (Phi) is 7.12. The summed E-state index contributed by atoms with van der Waals surface area (Å²) in [4.78, 5) is 26.0. The van der Waals surface area contributed by atoms with Crippen molar-refractivity contribution in [2.24, 2.45) is 0 Å². The van der Waals surface area contributed by atoms with E-state index < -0.39 is 0 Å². The van der Waals surface area contributed by atoms with Crippen LogP contribution in [0, 0.1) is 6.92 Å². The molecule has 3 aromatic rings. The van der Waals surface area contributed by atoms with Gasteiger partial charge in [-0.1, -0.05) is 53.7 Å². The fourth-order valence-corrected chi connectivity index (χ4v) is 4.93. The van der Waals surface area contributed by atoms with E-state index in [-0.39, 0.29) is 16.1 Å². The maximum atomic E-state index is 12.8. The van der Waals surface area contributed by atoms with E-state index in [0.29, 0.717) is 27.9 Å². The molecule has 33 heavy (non-hydrogen) atoms. The first-order valence-electron chi connectivity index (χ1n) is 9.93. The minimum absolute atomic E-state index is 0.265. The second-order valence-corrected chi connectivity index (χ2v) is 9.75. The molecule has 0 atom stereocenters. The standard InChI is InChI=1S/C24H20N2O4S3/c1-15-5-3-6-17(11-15)14-30-18-9-8-16(12-19(18)29-2)13-21-23(28)26(24(31)33-21)25-22(27)20-7-4-10-32-20/h3-13H,14H2,1-2H3,(H,25,27)/b21-13-. The van der Waals surface area contributed by atoms with Gasteiger partial charge >= 0.3 is 0 Å². The number of hydrogen-bond donors (Lipinski definition) is 1. The predicted octanol–water partition coefficient (Wildman–Crippen LogP) is 5.19. The minimum atomic E-state index is -0.381. The van der Waals surface area contributed by atoms with Crippen LogP contribution in [0.3, 0.4) is 0 Å². The molecule has 1 aliphatic heterocycles. The first-order chi connectivity index (χ1) is 15.9. The van der Waals surface area contributed by atoms with Gasteiger partial charge in [-0.15, -0.1) is 11.3 Å². The largest absolute Gasteiger partial charge is 0.493 e. The SMILES string of the molecule is COc1cc(/C=C2\SC(=S)N(NC(=O)c3cccs3)C2=O)ccc1OCc1cccc(C)c1. The van der Waals surface area contributed by atoms with Crippen LogP contribution >= 0.6 is 35.3 Å². The molecule has 0 aliphatic carbocycles. The van der Waals surface area contributed by atoms with Crippen LogP contribution < -0.4 is 14.9 Å². The van der Waals surface area contributed by atoms with Gasteiger partial charge in [0.15, 0.2) is 15.8 Å². The summed E-state index contributed by atoms with van der Waals surface area (Å²) in [7, 11) is 1.57. The smallest absolute Gasteiger partial charge is 0.285 e. The lowest BCUT2D eigenvalue weighted by molar-refractivity contribution is -0.123. The van der Waals surface area contributed by atoms with Crippen molar-refractivity contribution in [3.8, 4) is 11.5 Å². The molecule has 2 aromatic carbocycles. The van der Waals surface area contributed by atoms with E-state index in [9.17, 15) is 9.59 Å². The number of amides is 2. The zero-order valence-corrected chi connectivity index (χ0v) is 20.3. The highest BCUT2D eigenvalue weighted by Crippen LogP contribution is 2.34. The number of nitrogens with zero attached hydrogens (tertiary/aromatic N) is 1. The molecule has 2 heterocycles. The highest BCUT2D eigenvalue weighted by molar-refractivity contribution is 8.26. The Morgan fingerprint density at radius 1 is 1.15 bits per heavy atom. The predicted molar refractivity (Wildman–Crippen MR) is 135 cm³/mol. The molecule has 0 bridgehead atoms. The number of aryl methyl sites for hydroxylation is 1. The van der Waals surface area contributed by atoms with Gasteiger partial charge in [-0.25, -0.2) is 0 Å². The molecule has 1 saturated heterocycles. The van der Waals surface area contributed by atoms with Gasteiger partial charge in [0, 0.05) is 0 Å². The third-order valence-electron chi connectivity index (χ3n) is 4.71. The number of methoxy groups -OCH3 is 1. The lowest BCUT2D eigenvalue weighted by Crippen LogP contribution is -2.44. The summed E-state index contributed by atoms with van der Waals surface area (Å²) >= 11 is 7.71. The molecule has 6 nitrogen and oxygen atoms in total. The normalized spacial score (nSPS) is 14.6. The van der Waals surface area contributed by atoms with Gasteiger partial charge in [0.2, 0.25) is 0 Å². The summed E-state index contributed by atoms with van der Waals surface area (Å²) in [5, 5.41) is 2.89. The number of ether oxygens (including phenoxy) is 2. The van der Waals surface area contributed by atoms with E-state index in [4.69, 9.17) is 21.7 Å². The highest BCUT2D eigenvalue weighted by atomic mass is 32.2. The Morgan fingerprint density at radius 3 is 2.73 bits per heavy atom. The molecule has 1 N–H and O–H groups in total. The Hall–Kier alpha value is -3.14. The van der Waals surface area contributed by atoms with Gasteiger partial charge in [0.05, 0.1) is 16.9 Å². The van der Waals surface area contributed by atoms with Crippen molar-refractivity contribution in [2.45, 2.75) is 13.5 Å². The number of carbonyl (C=O) groups excluding carboxylic acids is 2. The van der Waals surface area contributed by atoms with Gasteiger partial charge in [0.25, 0.3) is 11.8 Å². The number of rotatable bonds is 7.